The highest BCUT2D eigenvalue weighted by atomic mass is 79.9. The molecule has 1 aliphatic rings. The first-order valence-corrected chi connectivity index (χ1v) is 8.74. The fourth-order valence-corrected chi connectivity index (χ4v) is 3.63. The molecule has 5 heteroatoms. The standard InChI is InChI=1S/C18H17BrClNO2/c19-14-8-9-17(15(20)11-14)23-12-18(22)21-10-4-7-16(21)13-5-2-1-3-6-13/h1-3,5-6,8-9,11,16H,4,7,10,12H2/t16-/m0/s1. The van der Waals surface area contributed by atoms with Crippen molar-refractivity contribution < 1.29 is 9.53 Å². The van der Waals surface area contributed by atoms with Crippen LogP contribution in [0.2, 0.25) is 5.02 Å². The van der Waals surface area contributed by atoms with E-state index in [-0.39, 0.29) is 18.6 Å². The van der Waals surface area contributed by atoms with E-state index in [1.54, 1.807) is 12.1 Å². The van der Waals surface area contributed by atoms with E-state index in [4.69, 9.17) is 16.3 Å². The van der Waals surface area contributed by atoms with E-state index in [0.29, 0.717) is 10.8 Å². The van der Waals surface area contributed by atoms with E-state index in [1.807, 2.05) is 29.2 Å². The van der Waals surface area contributed by atoms with Crippen LogP contribution in [0.15, 0.2) is 53.0 Å². The van der Waals surface area contributed by atoms with Crippen LogP contribution in [-0.4, -0.2) is 24.0 Å². The summed E-state index contributed by atoms with van der Waals surface area (Å²) in [5, 5.41) is 0.494. The Morgan fingerprint density at radius 3 is 2.78 bits per heavy atom. The zero-order valence-electron chi connectivity index (χ0n) is 12.5. The lowest BCUT2D eigenvalue weighted by atomic mass is 10.0. The molecule has 0 radical (unpaired) electrons. The molecule has 1 atom stereocenters. The lowest BCUT2D eigenvalue weighted by Gasteiger charge is -2.25. The molecule has 1 aliphatic heterocycles. The van der Waals surface area contributed by atoms with Gasteiger partial charge in [-0.15, -0.1) is 0 Å². The molecule has 1 fully saturated rings. The van der Waals surface area contributed by atoms with Crippen LogP contribution in [-0.2, 0) is 4.79 Å². The number of carbonyl (C=O) groups is 1. The topological polar surface area (TPSA) is 29.5 Å². The second-order valence-corrected chi connectivity index (χ2v) is 6.84. The second kappa shape index (κ2) is 7.37. The Bertz CT molecular complexity index is 693. The van der Waals surface area contributed by atoms with Gasteiger partial charge in [0.2, 0.25) is 0 Å². The Balaban J connectivity index is 1.65. The van der Waals surface area contributed by atoms with Crippen LogP contribution in [0.4, 0.5) is 0 Å². The molecule has 0 aliphatic carbocycles. The minimum Gasteiger partial charge on any atom is -0.482 e. The molecule has 120 valence electrons. The molecule has 1 saturated heterocycles. The van der Waals surface area contributed by atoms with Gasteiger partial charge in [-0.25, -0.2) is 0 Å². The van der Waals surface area contributed by atoms with Crippen molar-refractivity contribution in [1.29, 1.82) is 0 Å². The Labute approximate surface area is 149 Å². The van der Waals surface area contributed by atoms with Gasteiger partial charge in [0, 0.05) is 11.0 Å². The van der Waals surface area contributed by atoms with Gasteiger partial charge < -0.3 is 9.64 Å². The zero-order valence-corrected chi connectivity index (χ0v) is 14.9. The molecule has 1 amide bonds. The molecule has 2 aromatic rings. The molecule has 0 unspecified atom stereocenters. The molecule has 1 heterocycles. The first-order chi connectivity index (χ1) is 11.1. The monoisotopic (exact) mass is 393 g/mol. The number of ether oxygens (including phenoxy) is 1. The van der Waals surface area contributed by atoms with Crippen molar-refractivity contribution in [1.82, 2.24) is 4.90 Å². The first kappa shape index (κ1) is 16.3. The molecule has 0 aromatic heterocycles. The fourth-order valence-electron chi connectivity index (χ4n) is 2.90. The van der Waals surface area contributed by atoms with E-state index >= 15 is 0 Å². The van der Waals surface area contributed by atoms with Crippen molar-refractivity contribution in [2.45, 2.75) is 18.9 Å². The molecule has 0 saturated carbocycles. The van der Waals surface area contributed by atoms with Gasteiger partial charge in [0.1, 0.15) is 5.75 Å². The summed E-state index contributed by atoms with van der Waals surface area (Å²) in [6.07, 6.45) is 2.01. The highest BCUT2D eigenvalue weighted by Gasteiger charge is 2.29. The average molecular weight is 395 g/mol. The summed E-state index contributed by atoms with van der Waals surface area (Å²) in [5.41, 5.74) is 1.18. The molecule has 2 aromatic carbocycles. The maximum atomic E-state index is 12.5. The third-order valence-electron chi connectivity index (χ3n) is 4.00. The number of benzene rings is 2. The van der Waals surface area contributed by atoms with E-state index in [0.717, 1.165) is 23.9 Å². The number of hydrogen-bond donors (Lipinski definition) is 0. The lowest BCUT2D eigenvalue weighted by molar-refractivity contribution is -0.134. The zero-order chi connectivity index (χ0) is 16.2. The summed E-state index contributed by atoms with van der Waals surface area (Å²) in [7, 11) is 0. The van der Waals surface area contributed by atoms with E-state index in [2.05, 4.69) is 28.1 Å². The van der Waals surface area contributed by atoms with Gasteiger partial charge in [-0.05, 0) is 36.6 Å². The minimum atomic E-state index is -0.00432. The molecule has 23 heavy (non-hydrogen) atoms. The van der Waals surface area contributed by atoms with Crippen LogP contribution in [0.25, 0.3) is 0 Å². The van der Waals surface area contributed by atoms with Crippen LogP contribution < -0.4 is 4.74 Å². The summed E-state index contributed by atoms with van der Waals surface area (Å²) < 4.78 is 6.49. The number of nitrogens with zero attached hydrogens (tertiary/aromatic N) is 1. The van der Waals surface area contributed by atoms with Crippen LogP contribution in [0, 0.1) is 0 Å². The fraction of sp³-hybridized carbons (Fsp3) is 0.278. The summed E-state index contributed by atoms with van der Waals surface area (Å²) in [6, 6.07) is 15.7. The van der Waals surface area contributed by atoms with Crippen LogP contribution >= 0.6 is 27.5 Å². The minimum absolute atomic E-state index is 0.00432. The lowest BCUT2D eigenvalue weighted by Crippen LogP contribution is -2.34. The second-order valence-electron chi connectivity index (χ2n) is 5.52. The van der Waals surface area contributed by atoms with Gasteiger partial charge in [0.15, 0.2) is 6.61 Å². The van der Waals surface area contributed by atoms with Crippen molar-refractivity contribution in [2.24, 2.45) is 0 Å². The number of halogens is 2. The summed E-state index contributed by atoms with van der Waals surface area (Å²) in [6.45, 7) is 0.778. The highest BCUT2D eigenvalue weighted by molar-refractivity contribution is 9.10. The predicted molar refractivity (Wildman–Crippen MR) is 94.8 cm³/mol. The number of rotatable bonds is 4. The quantitative estimate of drug-likeness (QED) is 0.742. The SMILES string of the molecule is O=C(COc1ccc(Br)cc1Cl)N1CCC[C@H]1c1ccccc1. The van der Waals surface area contributed by atoms with Crippen molar-refractivity contribution in [3.8, 4) is 5.75 Å². The normalized spacial score (nSPS) is 17.3. The molecular formula is C18H17BrClNO2. The maximum Gasteiger partial charge on any atom is 0.261 e. The Kier molecular flexibility index (Phi) is 5.23. The Morgan fingerprint density at radius 1 is 1.26 bits per heavy atom. The molecule has 3 rings (SSSR count). The smallest absolute Gasteiger partial charge is 0.261 e. The van der Waals surface area contributed by atoms with Gasteiger partial charge in [0.25, 0.3) is 5.91 Å². The molecule has 3 nitrogen and oxygen atoms in total. The van der Waals surface area contributed by atoms with Crippen molar-refractivity contribution in [3.05, 3.63) is 63.6 Å². The molecule has 0 spiro atoms. The number of carbonyl (C=O) groups excluding carboxylic acids is 1. The highest BCUT2D eigenvalue weighted by Crippen LogP contribution is 2.32. The van der Waals surface area contributed by atoms with E-state index < -0.39 is 0 Å². The molecule has 0 bridgehead atoms. The molecule has 0 N–H and O–H groups in total. The van der Waals surface area contributed by atoms with E-state index in [9.17, 15) is 4.79 Å². The molecular weight excluding hydrogens is 378 g/mol. The van der Waals surface area contributed by atoms with Gasteiger partial charge in [-0.2, -0.15) is 0 Å². The number of amides is 1. The van der Waals surface area contributed by atoms with Crippen molar-refractivity contribution in [2.75, 3.05) is 13.2 Å². The van der Waals surface area contributed by atoms with Crippen molar-refractivity contribution >= 4 is 33.4 Å². The summed E-state index contributed by atoms with van der Waals surface area (Å²) in [4.78, 5) is 14.4. The van der Waals surface area contributed by atoms with Gasteiger partial charge in [-0.1, -0.05) is 57.9 Å². The van der Waals surface area contributed by atoms with Crippen molar-refractivity contribution in [3.63, 3.8) is 0 Å². The van der Waals surface area contributed by atoms with Gasteiger partial charge in [-0.3, -0.25) is 4.79 Å². The van der Waals surface area contributed by atoms with Crippen LogP contribution in [0.3, 0.4) is 0 Å². The Morgan fingerprint density at radius 2 is 2.04 bits per heavy atom. The summed E-state index contributed by atoms with van der Waals surface area (Å²) in [5.74, 6) is 0.522. The third-order valence-corrected chi connectivity index (χ3v) is 4.79. The average Bonchev–Trinajstić information content (AvgIpc) is 3.04. The van der Waals surface area contributed by atoms with Crippen LogP contribution in [0.1, 0.15) is 24.4 Å². The Hall–Kier alpha value is -1.52. The van der Waals surface area contributed by atoms with E-state index in [1.165, 1.54) is 5.56 Å². The van der Waals surface area contributed by atoms with Crippen LogP contribution in [0.5, 0.6) is 5.75 Å². The van der Waals surface area contributed by atoms with Gasteiger partial charge >= 0.3 is 0 Å². The van der Waals surface area contributed by atoms with Gasteiger partial charge in [0.05, 0.1) is 11.1 Å². The summed E-state index contributed by atoms with van der Waals surface area (Å²) >= 11 is 9.47. The maximum absolute atomic E-state index is 12.5. The number of likely N-dealkylation sites (tertiary alicyclic amines) is 1. The third kappa shape index (κ3) is 3.88. The predicted octanol–water partition coefficient (Wildman–Crippen LogP) is 4.85. The first-order valence-electron chi connectivity index (χ1n) is 7.57. The largest absolute Gasteiger partial charge is 0.482 e. The number of hydrogen-bond acceptors (Lipinski definition) is 2.